The maximum Gasteiger partial charge on any atom is 0.419 e. The molecule has 5 nitrogen and oxygen atoms in total. The summed E-state index contributed by atoms with van der Waals surface area (Å²) < 4.78 is 37.6. The molecular formula is C8H5F3N4O. The zero-order chi connectivity index (χ0) is 11.8. The second kappa shape index (κ2) is 3.47. The van der Waals surface area contributed by atoms with Crippen LogP contribution in [0.4, 0.5) is 13.2 Å². The molecule has 8 heteroatoms. The summed E-state index contributed by atoms with van der Waals surface area (Å²) in [5, 5.41) is 12.4. The van der Waals surface area contributed by atoms with Crippen LogP contribution in [-0.4, -0.2) is 24.9 Å². The molecule has 16 heavy (non-hydrogen) atoms. The molecule has 0 unspecified atom stereocenters. The molecule has 2 heterocycles. The maximum absolute atomic E-state index is 12.2. The Kier molecular flexibility index (Phi) is 2.26. The zero-order valence-corrected chi connectivity index (χ0v) is 7.68. The second-order valence-corrected chi connectivity index (χ2v) is 2.91. The number of nitrogens with zero attached hydrogens (tertiary/aromatic N) is 4. The van der Waals surface area contributed by atoms with Crippen LogP contribution in [0.2, 0.25) is 0 Å². The van der Waals surface area contributed by atoms with Crippen molar-refractivity contribution in [2.24, 2.45) is 0 Å². The minimum absolute atomic E-state index is 0.0479. The van der Waals surface area contributed by atoms with Gasteiger partial charge in [0.25, 0.3) is 5.95 Å². The van der Waals surface area contributed by atoms with Crippen molar-refractivity contribution in [2.45, 2.75) is 6.18 Å². The van der Waals surface area contributed by atoms with Crippen molar-refractivity contribution in [3.8, 4) is 11.7 Å². The first kappa shape index (κ1) is 10.4. The Morgan fingerprint density at radius 1 is 1.12 bits per heavy atom. The van der Waals surface area contributed by atoms with Gasteiger partial charge in [-0.05, 0) is 0 Å². The van der Waals surface area contributed by atoms with Crippen LogP contribution in [0.25, 0.3) is 5.95 Å². The van der Waals surface area contributed by atoms with Crippen molar-refractivity contribution in [3.63, 3.8) is 0 Å². The predicted octanol–water partition coefficient (Wildman–Crippen LogP) is 1.39. The molecule has 0 atom stereocenters. The van der Waals surface area contributed by atoms with Crippen molar-refractivity contribution in [2.75, 3.05) is 0 Å². The van der Waals surface area contributed by atoms with E-state index in [9.17, 15) is 13.2 Å². The fourth-order valence-electron chi connectivity index (χ4n) is 1.01. The standard InChI is InChI=1S/C8H5F3N4O/c9-8(10,11)5-1-14-15(4-5)7-12-2-6(16)3-13-7/h1-4,16H. The molecule has 2 rings (SSSR count). The molecule has 0 aromatic carbocycles. The molecule has 0 aliphatic rings. The third-order valence-electron chi connectivity index (χ3n) is 1.74. The summed E-state index contributed by atoms with van der Waals surface area (Å²) >= 11 is 0. The van der Waals surface area contributed by atoms with E-state index in [1.165, 1.54) is 0 Å². The Labute approximate surface area is 87.2 Å². The minimum Gasteiger partial charge on any atom is -0.505 e. The summed E-state index contributed by atoms with van der Waals surface area (Å²) in [6.07, 6.45) is -0.869. The van der Waals surface area contributed by atoms with Gasteiger partial charge in [0.15, 0.2) is 5.75 Å². The minimum atomic E-state index is -4.45. The summed E-state index contributed by atoms with van der Waals surface area (Å²) in [7, 11) is 0. The number of halogens is 3. The molecule has 1 N–H and O–H groups in total. The van der Waals surface area contributed by atoms with E-state index in [0.29, 0.717) is 6.20 Å². The smallest absolute Gasteiger partial charge is 0.419 e. The molecule has 0 aliphatic carbocycles. The summed E-state index contributed by atoms with van der Waals surface area (Å²) in [6.45, 7) is 0. The highest BCUT2D eigenvalue weighted by atomic mass is 19.4. The van der Waals surface area contributed by atoms with Crippen LogP contribution in [0.3, 0.4) is 0 Å². The summed E-state index contributed by atoms with van der Waals surface area (Å²) in [5.41, 5.74) is -0.885. The number of hydrogen-bond donors (Lipinski definition) is 1. The Morgan fingerprint density at radius 3 is 2.25 bits per heavy atom. The van der Waals surface area contributed by atoms with Gasteiger partial charge in [-0.25, -0.2) is 14.6 Å². The summed E-state index contributed by atoms with van der Waals surface area (Å²) in [5.74, 6) is -0.222. The summed E-state index contributed by atoms with van der Waals surface area (Å²) in [6, 6.07) is 0. The molecule has 0 fully saturated rings. The van der Waals surface area contributed by atoms with Crippen molar-refractivity contribution < 1.29 is 18.3 Å². The first-order valence-electron chi connectivity index (χ1n) is 4.10. The third kappa shape index (κ3) is 1.95. The third-order valence-corrected chi connectivity index (χ3v) is 1.74. The molecular weight excluding hydrogens is 225 g/mol. The van der Waals surface area contributed by atoms with E-state index in [2.05, 4.69) is 15.1 Å². The SMILES string of the molecule is Oc1cnc(-n2cc(C(F)(F)F)cn2)nc1. The average molecular weight is 230 g/mol. The van der Waals surface area contributed by atoms with Gasteiger partial charge in [0, 0.05) is 6.20 Å². The molecule has 0 bridgehead atoms. The molecule has 0 aliphatic heterocycles. The van der Waals surface area contributed by atoms with Gasteiger partial charge in [-0.1, -0.05) is 0 Å². The predicted molar refractivity (Wildman–Crippen MR) is 45.8 cm³/mol. The van der Waals surface area contributed by atoms with Crippen molar-refractivity contribution in [1.29, 1.82) is 0 Å². The van der Waals surface area contributed by atoms with Crippen LogP contribution in [-0.2, 0) is 6.18 Å². The van der Waals surface area contributed by atoms with Gasteiger partial charge in [-0.15, -0.1) is 0 Å². The number of hydrogen-bond acceptors (Lipinski definition) is 4. The van der Waals surface area contributed by atoms with Gasteiger partial charge in [0.1, 0.15) is 0 Å². The van der Waals surface area contributed by atoms with E-state index in [0.717, 1.165) is 23.3 Å². The Balaban J connectivity index is 2.35. The van der Waals surface area contributed by atoms with Gasteiger partial charge >= 0.3 is 6.18 Å². The van der Waals surface area contributed by atoms with E-state index in [1.54, 1.807) is 0 Å². The average Bonchev–Trinajstić information content (AvgIpc) is 2.67. The lowest BCUT2D eigenvalue weighted by atomic mass is 10.4. The topological polar surface area (TPSA) is 63.8 Å². The van der Waals surface area contributed by atoms with E-state index in [4.69, 9.17) is 5.11 Å². The molecule has 0 radical (unpaired) electrons. The van der Waals surface area contributed by atoms with E-state index < -0.39 is 11.7 Å². The molecule has 0 spiro atoms. The molecule has 84 valence electrons. The monoisotopic (exact) mass is 230 g/mol. The zero-order valence-electron chi connectivity index (χ0n) is 7.68. The van der Waals surface area contributed by atoms with E-state index >= 15 is 0 Å². The largest absolute Gasteiger partial charge is 0.505 e. The van der Waals surface area contributed by atoms with Crippen LogP contribution in [0.15, 0.2) is 24.8 Å². The number of aromatic nitrogens is 4. The van der Waals surface area contributed by atoms with Crippen molar-refractivity contribution in [3.05, 3.63) is 30.4 Å². The lowest BCUT2D eigenvalue weighted by Crippen LogP contribution is -2.04. The molecule has 2 aromatic heterocycles. The van der Waals surface area contributed by atoms with Gasteiger partial charge < -0.3 is 5.11 Å². The van der Waals surface area contributed by atoms with Crippen LogP contribution in [0.1, 0.15) is 5.56 Å². The molecule has 0 saturated heterocycles. The number of rotatable bonds is 1. The second-order valence-electron chi connectivity index (χ2n) is 2.91. The van der Waals surface area contributed by atoms with Crippen molar-refractivity contribution in [1.82, 2.24) is 19.7 Å². The van der Waals surface area contributed by atoms with Crippen LogP contribution in [0.5, 0.6) is 5.75 Å². The van der Waals surface area contributed by atoms with E-state index in [1.807, 2.05) is 0 Å². The maximum atomic E-state index is 12.2. The lowest BCUT2D eigenvalue weighted by Gasteiger charge is -2.00. The lowest BCUT2D eigenvalue weighted by molar-refractivity contribution is -0.137. The van der Waals surface area contributed by atoms with Crippen molar-refractivity contribution >= 4 is 0 Å². The normalized spacial score (nSPS) is 11.7. The van der Waals surface area contributed by atoms with E-state index in [-0.39, 0.29) is 11.7 Å². The van der Waals surface area contributed by atoms with Gasteiger partial charge in [-0.2, -0.15) is 18.3 Å². The van der Waals surface area contributed by atoms with Gasteiger partial charge in [0.05, 0.1) is 24.2 Å². The fourth-order valence-corrected chi connectivity index (χ4v) is 1.01. The highest BCUT2D eigenvalue weighted by Gasteiger charge is 2.32. The highest BCUT2D eigenvalue weighted by Crippen LogP contribution is 2.28. The van der Waals surface area contributed by atoms with Gasteiger partial charge in [-0.3, -0.25) is 0 Å². The number of aromatic hydroxyl groups is 1. The molecule has 0 saturated carbocycles. The fraction of sp³-hybridized carbons (Fsp3) is 0.125. The first-order chi connectivity index (χ1) is 7.47. The Hall–Kier alpha value is -2.12. The Morgan fingerprint density at radius 2 is 1.75 bits per heavy atom. The molecule has 2 aromatic rings. The quantitative estimate of drug-likeness (QED) is 0.803. The van der Waals surface area contributed by atoms with Crippen LogP contribution in [0, 0.1) is 0 Å². The first-order valence-corrected chi connectivity index (χ1v) is 4.10. The summed E-state index contributed by atoms with van der Waals surface area (Å²) in [4.78, 5) is 7.23. The molecule has 0 amide bonds. The van der Waals surface area contributed by atoms with Crippen LogP contribution >= 0.6 is 0 Å². The number of alkyl halides is 3. The highest BCUT2D eigenvalue weighted by molar-refractivity contribution is 5.19. The van der Waals surface area contributed by atoms with Crippen LogP contribution < -0.4 is 0 Å². The van der Waals surface area contributed by atoms with Gasteiger partial charge in [0.2, 0.25) is 0 Å². The Bertz CT molecular complexity index is 491.